The van der Waals surface area contributed by atoms with Crippen LogP contribution < -0.4 is 15.5 Å². The molecule has 0 bridgehead atoms. The second-order valence-electron chi connectivity index (χ2n) is 8.47. The van der Waals surface area contributed by atoms with Crippen molar-refractivity contribution in [1.82, 2.24) is 10.7 Å². The van der Waals surface area contributed by atoms with Crippen molar-refractivity contribution in [2.24, 2.45) is 5.10 Å². The Morgan fingerprint density at radius 1 is 0.800 bits per heavy atom. The van der Waals surface area contributed by atoms with Crippen LogP contribution in [0.4, 0.5) is 0 Å². The molecule has 0 aliphatic rings. The predicted molar refractivity (Wildman–Crippen MR) is 164 cm³/mol. The molecule has 4 aromatic carbocycles. The molecule has 2 N–H and O–H groups in total. The lowest BCUT2D eigenvalue weighted by Crippen LogP contribution is -2.37. The lowest BCUT2D eigenvalue weighted by molar-refractivity contribution is -0.126. The lowest BCUT2D eigenvalue weighted by atomic mass is 9.90. The molecule has 0 aliphatic carbocycles. The maximum Gasteiger partial charge on any atom is 0.343 e. The fraction of sp³-hybridized carbons (Fsp3) is 0.0667. The Morgan fingerprint density at radius 2 is 1.45 bits per heavy atom. The van der Waals surface area contributed by atoms with Crippen LogP contribution in [-0.2, 0) is 9.59 Å². The van der Waals surface area contributed by atoms with Gasteiger partial charge in [-0.2, -0.15) is 5.10 Å². The number of benzene rings is 4. The zero-order valence-corrected chi connectivity index (χ0v) is 25.6. The molecule has 0 saturated heterocycles. The van der Waals surface area contributed by atoms with E-state index in [0.29, 0.717) is 20.1 Å². The first-order valence-electron chi connectivity index (χ1n) is 12.0. The van der Waals surface area contributed by atoms with Crippen molar-refractivity contribution < 1.29 is 19.1 Å². The summed E-state index contributed by atoms with van der Waals surface area (Å²) in [5, 5.41) is 6.69. The molecule has 4 rings (SSSR count). The van der Waals surface area contributed by atoms with Gasteiger partial charge in [-0.3, -0.25) is 9.59 Å². The summed E-state index contributed by atoms with van der Waals surface area (Å²) in [6.07, 6.45) is 1.36. The number of carbonyl (C=O) groups is 3. The SMILES string of the molecule is O=C(CNC(=O)C(c1ccccc1)c1ccccc1)N/N=C\c1cc(Br)cc(Br)c1OC(=O)c1cccc(Br)c1. The van der Waals surface area contributed by atoms with Crippen molar-refractivity contribution in [2.45, 2.75) is 5.92 Å². The summed E-state index contributed by atoms with van der Waals surface area (Å²) in [7, 11) is 0. The minimum absolute atomic E-state index is 0.230. The molecule has 0 spiro atoms. The van der Waals surface area contributed by atoms with Crippen molar-refractivity contribution in [3.8, 4) is 5.75 Å². The Labute approximate surface area is 256 Å². The Hall–Kier alpha value is -3.60. The summed E-state index contributed by atoms with van der Waals surface area (Å²) in [4.78, 5) is 38.3. The molecular formula is C30H22Br3N3O4. The highest BCUT2D eigenvalue weighted by molar-refractivity contribution is 9.11. The molecular weight excluding hydrogens is 706 g/mol. The number of hydrogen-bond acceptors (Lipinski definition) is 5. The van der Waals surface area contributed by atoms with Crippen molar-refractivity contribution >= 4 is 71.8 Å². The fourth-order valence-electron chi connectivity index (χ4n) is 3.82. The van der Waals surface area contributed by atoms with Crippen molar-refractivity contribution in [3.05, 3.63) is 133 Å². The smallest absolute Gasteiger partial charge is 0.343 e. The average Bonchev–Trinajstić information content (AvgIpc) is 2.95. The van der Waals surface area contributed by atoms with E-state index in [-0.39, 0.29) is 18.2 Å². The molecule has 0 atom stereocenters. The highest BCUT2D eigenvalue weighted by Crippen LogP contribution is 2.33. The number of halogens is 3. The van der Waals surface area contributed by atoms with Crippen LogP contribution in [0, 0.1) is 0 Å². The number of esters is 1. The molecule has 2 amide bonds. The van der Waals surface area contributed by atoms with Crippen LogP contribution in [0.15, 0.2) is 116 Å². The average molecular weight is 728 g/mol. The molecule has 0 aliphatic heterocycles. The molecule has 0 fully saturated rings. The first-order chi connectivity index (χ1) is 19.3. The van der Waals surface area contributed by atoms with Crippen molar-refractivity contribution in [1.29, 1.82) is 0 Å². The maximum absolute atomic E-state index is 13.1. The van der Waals surface area contributed by atoms with Gasteiger partial charge in [0, 0.05) is 14.5 Å². The van der Waals surface area contributed by atoms with Gasteiger partial charge in [-0.15, -0.1) is 0 Å². The van der Waals surface area contributed by atoms with E-state index in [9.17, 15) is 14.4 Å². The summed E-state index contributed by atoms with van der Waals surface area (Å²) in [5.74, 6) is -1.73. The summed E-state index contributed by atoms with van der Waals surface area (Å²) < 4.78 is 7.59. The monoisotopic (exact) mass is 725 g/mol. The Kier molecular flexibility index (Phi) is 10.4. The number of nitrogens with one attached hydrogen (secondary N) is 2. The first-order valence-corrected chi connectivity index (χ1v) is 14.4. The van der Waals surface area contributed by atoms with Gasteiger partial charge in [0.1, 0.15) is 0 Å². The van der Waals surface area contributed by atoms with Gasteiger partial charge < -0.3 is 10.1 Å². The number of hydrogen-bond donors (Lipinski definition) is 2. The molecule has 0 heterocycles. The Balaban J connectivity index is 1.41. The highest BCUT2D eigenvalue weighted by atomic mass is 79.9. The van der Waals surface area contributed by atoms with Crippen LogP contribution in [0.2, 0.25) is 0 Å². The zero-order chi connectivity index (χ0) is 28.5. The Morgan fingerprint density at radius 3 is 2.08 bits per heavy atom. The van der Waals surface area contributed by atoms with Gasteiger partial charge in [0.15, 0.2) is 5.75 Å². The third-order valence-electron chi connectivity index (χ3n) is 5.64. The zero-order valence-electron chi connectivity index (χ0n) is 20.8. The highest BCUT2D eigenvalue weighted by Gasteiger charge is 2.23. The van der Waals surface area contributed by atoms with Gasteiger partial charge in [-0.1, -0.05) is 98.6 Å². The molecule has 10 heteroatoms. The largest absolute Gasteiger partial charge is 0.421 e. The molecule has 0 saturated carbocycles. The van der Waals surface area contributed by atoms with Crippen LogP contribution in [0.3, 0.4) is 0 Å². The van der Waals surface area contributed by atoms with Gasteiger partial charge in [0.2, 0.25) is 5.91 Å². The van der Waals surface area contributed by atoms with E-state index < -0.39 is 17.8 Å². The van der Waals surface area contributed by atoms with Gasteiger partial charge in [-0.05, 0) is 57.4 Å². The normalized spacial score (nSPS) is 10.9. The van der Waals surface area contributed by atoms with Crippen molar-refractivity contribution in [2.75, 3.05) is 6.54 Å². The number of nitrogens with zero attached hydrogens (tertiary/aromatic N) is 1. The molecule has 0 radical (unpaired) electrons. The molecule has 40 heavy (non-hydrogen) atoms. The quantitative estimate of drug-likeness (QED) is 0.0881. The van der Waals surface area contributed by atoms with Crippen LogP contribution >= 0.6 is 47.8 Å². The second kappa shape index (κ2) is 14.2. The van der Waals surface area contributed by atoms with Crippen LogP contribution in [0.25, 0.3) is 0 Å². The van der Waals surface area contributed by atoms with Crippen LogP contribution in [0.5, 0.6) is 5.75 Å². The summed E-state index contributed by atoms with van der Waals surface area (Å²) >= 11 is 10.2. The molecule has 202 valence electrons. The van der Waals surface area contributed by atoms with E-state index in [1.807, 2.05) is 60.7 Å². The minimum Gasteiger partial charge on any atom is -0.421 e. The van der Waals surface area contributed by atoms with Gasteiger partial charge in [-0.25, -0.2) is 10.2 Å². The third kappa shape index (κ3) is 7.97. The van der Waals surface area contributed by atoms with E-state index >= 15 is 0 Å². The Bertz CT molecular complexity index is 1510. The summed E-state index contributed by atoms with van der Waals surface area (Å²) in [6.45, 7) is -0.279. The third-order valence-corrected chi connectivity index (χ3v) is 7.18. The molecule has 7 nitrogen and oxygen atoms in total. The van der Waals surface area contributed by atoms with Gasteiger partial charge in [0.25, 0.3) is 5.91 Å². The summed E-state index contributed by atoms with van der Waals surface area (Å²) in [6, 6.07) is 29.0. The van der Waals surface area contributed by atoms with E-state index in [4.69, 9.17) is 4.74 Å². The fourth-order valence-corrected chi connectivity index (χ4v) is 5.56. The van der Waals surface area contributed by atoms with Crippen LogP contribution in [-0.4, -0.2) is 30.5 Å². The standard InChI is InChI=1S/C30H22Br3N3O4/c31-23-13-7-12-21(14-23)30(39)40-28-22(15-24(32)16-25(28)33)17-35-36-26(37)18-34-29(38)27(19-8-3-1-4-9-19)20-10-5-2-6-11-20/h1-17,27H,18H2,(H,34,38)(H,36,37)/b35-17-. The molecule has 4 aromatic rings. The number of hydrazone groups is 1. The lowest BCUT2D eigenvalue weighted by Gasteiger charge is -2.17. The molecule has 0 unspecified atom stereocenters. The van der Waals surface area contributed by atoms with Crippen molar-refractivity contribution in [3.63, 3.8) is 0 Å². The minimum atomic E-state index is -0.569. The summed E-state index contributed by atoms with van der Waals surface area (Å²) in [5.41, 5.74) is 4.83. The van der Waals surface area contributed by atoms with Gasteiger partial charge >= 0.3 is 5.97 Å². The number of rotatable bonds is 9. The van der Waals surface area contributed by atoms with E-state index in [1.54, 1.807) is 36.4 Å². The number of carbonyl (C=O) groups excluding carboxylic acids is 3. The predicted octanol–water partition coefficient (Wildman–Crippen LogP) is 6.59. The molecule has 0 aromatic heterocycles. The number of amides is 2. The van der Waals surface area contributed by atoms with Gasteiger partial charge in [0.05, 0.1) is 28.7 Å². The van der Waals surface area contributed by atoms with E-state index in [0.717, 1.165) is 15.6 Å². The topological polar surface area (TPSA) is 96.9 Å². The second-order valence-corrected chi connectivity index (χ2v) is 11.2. The first kappa shape index (κ1) is 29.4. The number of ether oxygens (including phenoxy) is 1. The van der Waals surface area contributed by atoms with E-state index in [1.165, 1.54) is 6.21 Å². The van der Waals surface area contributed by atoms with Crippen LogP contribution in [0.1, 0.15) is 33.0 Å². The maximum atomic E-state index is 13.1. The van der Waals surface area contributed by atoms with E-state index in [2.05, 4.69) is 63.6 Å².